The predicted octanol–water partition coefficient (Wildman–Crippen LogP) is 2.94. The molecule has 10 heteroatoms. The number of carboxylic acids is 1. The summed E-state index contributed by atoms with van der Waals surface area (Å²) in [4.78, 5) is 37.9. The molecule has 3 rings (SSSR count). The van der Waals surface area contributed by atoms with E-state index in [-0.39, 0.29) is 27.9 Å². The molecule has 0 bridgehead atoms. The quantitative estimate of drug-likeness (QED) is 0.354. The molecule has 2 aromatic carbocycles. The van der Waals surface area contributed by atoms with Crippen LogP contribution in [0.3, 0.4) is 0 Å². The number of amides is 2. The van der Waals surface area contributed by atoms with Crippen LogP contribution in [0, 0.1) is 0 Å². The van der Waals surface area contributed by atoms with Gasteiger partial charge in [0.1, 0.15) is 22.4 Å². The molecule has 0 spiro atoms. The molecule has 1 aliphatic rings. The largest absolute Gasteiger partial charge is 0.508 e. The van der Waals surface area contributed by atoms with E-state index in [1.54, 1.807) is 30.3 Å². The van der Waals surface area contributed by atoms with Crippen molar-refractivity contribution in [2.75, 3.05) is 19.0 Å². The molecule has 0 atom stereocenters. The number of carbonyl (C=O) groups excluding carboxylic acids is 2. The number of carbonyl (C=O) groups is 3. The molecule has 30 heavy (non-hydrogen) atoms. The highest BCUT2D eigenvalue weighted by atomic mass is 32.2. The van der Waals surface area contributed by atoms with Gasteiger partial charge in [0.05, 0.1) is 23.3 Å². The molecule has 0 aromatic heterocycles. The zero-order chi connectivity index (χ0) is 21.8. The summed E-state index contributed by atoms with van der Waals surface area (Å²) in [7, 11) is 1.52. The van der Waals surface area contributed by atoms with Crippen LogP contribution in [0.25, 0.3) is 6.08 Å². The minimum Gasteiger partial charge on any atom is -0.508 e. The number of anilines is 1. The predicted molar refractivity (Wildman–Crippen MR) is 117 cm³/mol. The first-order chi connectivity index (χ1) is 14.3. The SMILES string of the molecule is COc1ccccc1/C=C1\SC(=S)N(CC(=O)Nc2ccc(O)cc2C(=O)O)C1=O. The van der Waals surface area contributed by atoms with Gasteiger partial charge in [-0.2, -0.15) is 0 Å². The van der Waals surface area contributed by atoms with Crippen molar-refractivity contribution in [3.05, 3.63) is 58.5 Å². The Hall–Kier alpha value is -3.37. The lowest BCUT2D eigenvalue weighted by Gasteiger charge is -2.15. The average Bonchev–Trinajstić information content (AvgIpc) is 2.97. The molecular formula is C20H16N2O6S2. The lowest BCUT2D eigenvalue weighted by Crippen LogP contribution is -2.36. The lowest BCUT2D eigenvalue weighted by molar-refractivity contribution is -0.126. The van der Waals surface area contributed by atoms with Gasteiger partial charge < -0.3 is 20.3 Å². The van der Waals surface area contributed by atoms with Crippen LogP contribution in [-0.4, -0.2) is 50.9 Å². The summed E-state index contributed by atoms with van der Waals surface area (Å²) in [6, 6.07) is 10.7. The van der Waals surface area contributed by atoms with E-state index in [4.69, 9.17) is 17.0 Å². The Labute approximate surface area is 181 Å². The first-order valence-corrected chi connectivity index (χ1v) is 9.77. The van der Waals surface area contributed by atoms with Gasteiger partial charge in [-0.15, -0.1) is 0 Å². The Morgan fingerprint density at radius 3 is 2.70 bits per heavy atom. The van der Waals surface area contributed by atoms with E-state index < -0.39 is 17.8 Å². The first-order valence-electron chi connectivity index (χ1n) is 8.54. The summed E-state index contributed by atoms with van der Waals surface area (Å²) < 4.78 is 5.48. The van der Waals surface area contributed by atoms with E-state index in [1.807, 2.05) is 0 Å². The molecule has 1 saturated heterocycles. The van der Waals surface area contributed by atoms with Crippen molar-refractivity contribution in [2.24, 2.45) is 0 Å². The number of hydrogen-bond acceptors (Lipinski definition) is 7. The molecule has 1 aliphatic heterocycles. The van der Waals surface area contributed by atoms with Crippen LogP contribution in [0.2, 0.25) is 0 Å². The second-order valence-corrected chi connectivity index (χ2v) is 7.77. The first kappa shape index (κ1) is 21.3. The molecule has 2 amide bonds. The van der Waals surface area contributed by atoms with Crippen molar-refractivity contribution in [1.82, 2.24) is 4.90 Å². The van der Waals surface area contributed by atoms with Crippen molar-refractivity contribution in [3.8, 4) is 11.5 Å². The number of thioether (sulfide) groups is 1. The number of methoxy groups -OCH3 is 1. The van der Waals surface area contributed by atoms with Crippen molar-refractivity contribution in [3.63, 3.8) is 0 Å². The van der Waals surface area contributed by atoms with Crippen molar-refractivity contribution < 1.29 is 29.3 Å². The molecule has 0 saturated carbocycles. The van der Waals surface area contributed by atoms with E-state index in [2.05, 4.69) is 5.32 Å². The van der Waals surface area contributed by atoms with E-state index in [0.717, 1.165) is 22.7 Å². The zero-order valence-electron chi connectivity index (χ0n) is 15.6. The number of nitrogens with one attached hydrogen (secondary N) is 1. The number of aromatic hydroxyl groups is 1. The third-order valence-corrected chi connectivity index (χ3v) is 5.49. The Balaban J connectivity index is 1.75. The maximum atomic E-state index is 12.7. The van der Waals surface area contributed by atoms with Gasteiger partial charge in [0, 0.05) is 5.56 Å². The van der Waals surface area contributed by atoms with Crippen molar-refractivity contribution in [2.45, 2.75) is 0 Å². The zero-order valence-corrected chi connectivity index (χ0v) is 17.3. The van der Waals surface area contributed by atoms with Crippen LogP contribution in [0.5, 0.6) is 11.5 Å². The summed E-state index contributed by atoms with van der Waals surface area (Å²) in [5, 5.41) is 21.1. The van der Waals surface area contributed by atoms with E-state index in [0.29, 0.717) is 16.2 Å². The van der Waals surface area contributed by atoms with E-state index in [1.165, 1.54) is 19.2 Å². The van der Waals surface area contributed by atoms with Crippen molar-refractivity contribution >= 4 is 57.8 Å². The summed E-state index contributed by atoms with van der Waals surface area (Å²) in [5.41, 5.74) is 0.422. The van der Waals surface area contributed by atoms with Gasteiger partial charge in [-0.05, 0) is 30.3 Å². The number of hydrogen-bond donors (Lipinski definition) is 3. The fraction of sp³-hybridized carbons (Fsp3) is 0.100. The van der Waals surface area contributed by atoms with Crippen LogP contribution in [0.1, 0.15) is 15.9 Å². The molecule has 0 unspecified atom stereocenters. The number of benzene rings is 2. The normalized spacial score (nSPS) is 14.8. The summed E-state index contributed by atoms with van der Waals surface area (Å²) >= 11 is 6.29. The van der Waals surface area contributed by atoms with Crippen molar-refractivity contribution in [1.29, 1.82) is 0 Å². The average molecular weight is 444 g/mol. The number of phenolic OH excluding ortho intramolecular Hbond substituents is 1. The van der Waals surface area contributed by atoms with Crippen LogP contribution >= 0.6 is 24.0 Å². The van der Waals surface area contributed by atoms with Gasteiger partial charge in [0.15, 0.2) is 0 Å². The summed E-state index contributed by atoms with van der Waals surface area (Å²) in [5.74, 6) is -2.03. The Morgan fingerprint density at radius 1 is 1.27 bits per heavy atom. The molecule has 2 aromatic rings. The van der Waals surface area contributed by atoms with Gasteiger partial charge in [0.2, 0.25) is 5.91 Å². The highest BCUT2D eigenvalue weighted by Crippen LogP contribution is 2.34. The third kappa shape index (κ3) is 4.61. The standard InChI is InChI=1S/C20H16N2O6S2/c1-28-15-5-3-2-4-11(15)8-16-18(25)22(20(29)30-16)10-17(24)21-14-7-6-12(23)9-13(14)19(26)27/h2-9,23H,10H2,1H3,(H,21,24)(H,26,27)/b16-8-. The Kier molecular flexibility index (Phi) is 6.38. The molecule has 3 N–H and O–H groups in total. The number of thiocarbonyl (C=S) groups is 1. The van der Waals surface area contributed by atoms with Crippen LogP contribution in [0.15, 0.2) is 47.4 Å². The highest BCUT2D eigenvalue weighted by Gasteiger charge is 2.33. The smallest absolute Gasteiger partial charge is 0.337 e. The maximum Gasteiger partial charge on any atom is 0.337 e. The number of ether oxygens (including phenoxy) is 1. The molecule has 8 nitrogen and oxygen atoms in total. The fourth-order valence-corrected chi connectivity index (χ4v) is 3.96. The minimum absolute atomic E-state index is 0.000282. The summed E-state index contributed by atoms with van der Waals surface area (Å²) in [6.45, 7) is -0.381. The van der Waals surface area contributed by atoms with Gasteiger partial charge in [-0.1, -0.05) is 42.2 Å². The molecule has 1 fully saturated rings. The topological polar surface area (TPSA) is 116 Å². The number of para-hydroxylation sites is 1. The van der Waals surface area contributed by atoms with Gasteiger partial charge in [0.25, 0.3) is 5.91 Å². The van der Waals surface area contributed by atoms with Crippen LogP contribution < -0.4 is 10.1 Å². The van der Waals surface area contributed by atoms with Crippen LogP contribution in [-0.2, 0) is 9.59 Å². The molecule has 0 radical (unpaired) electrons. The number of rotatable bonds is 6. The Morgan fingerprint density at radius 2 is 2.00 bits per heavy atom. The monoisotopic (exact) mass is 444 g/mol. The molecule has 1 heterocycles. The fourth-order valence-electron chi connectivity index (χ4n) is 2.71. The molecule has 154 valence electrons. The highest BCUT2D eigenvalue weighted by molar-refractivity contribution is 8.26. The molecular weight excluding hydrogens is 428 g/mol. The Bertz CT molecular complexity index is 1080. The number of phenols is 1. The minimum atomic E-state index is -1.31. The number of aromatic carboxylic acids is 1. The second-order valence-electron chi connectivity index (χ2n) is 6.09. The maximum absolute atomic E-state index is 12.7. The second kappa shape index (κ2) is 8.97. The van der Waals surface area contributed by atoms with Gasteiger partial charge in [-0.3, -0.25) is 14.5 Å². The van der Waals surface area contributed by atoms with E-state index >= 15 is 0 Å². The van der Waals surface area contributed by atoms with Gasteiger partial charge in [-0.25, -0.2) is 4.79 Å². The molecule has 0 aliphatic carbocycles. The number of carboxylic acid groups (broad SMARTS) is 1. The lowest BCUT2D eigenvalue weighted by atomic mass is 10.1. The van der Waals surface area contributed by atoms with E-state index in [9.17, 15) is 24.6 Å². The third-order valence-electron chi connectivity index (χ3n) is 4.11. The number of nitrogens with zero attached hydrogens (tertiary/aromatic N) is 1. The van der Waals surface area contributed by atoms with Crippen LogP contribution in [0.4, 0.5) is 5.69 Å². The van der Waals surface area contributed by atoms with Gasteiger partial charge >= 0.3 is 5.97 Å². The summed E-state index contributed by atoms with van der Waals surface area (Å²) in [6.07, 6.45) is 1.64.